The van der Waals surface area contributed by atoms with E-state index in [1.807, 2.05) is 6.92 Å². The zero-order chi connectivity index (χ0) is 13.9. The lowest BCUT2D eigenvalue weighted by molar-refractivity contribution is 0.498. The van der Waals surface area contributed by atoms with Crippen molar-refractivity contribution in [1.29, 1.82) is 0 Å². The summed E-state index contributed by atoms with van der Waals surface area (Å²) in [5.74, 6) is 0.557. The van der Waals surface area contributed by atoms with Crippen molar-refractivity contribution in [2.45, 2.75) is 24.8 Å². The Labute approximate surface area is 112 Å². The summed E-state index contributed by atoms with van der Waals surface area (Å²) in [7, 11) is -3.57. The van der Waals surface area contributed by atoms with E-state index in [1.165, 1.54) is 12.3 Å². The molecule has 2 rings (SSSR count). The van der Waals surface area contributed by atoms with Crippen molar-refractivity contribution in [3.63, 3.8) is 0 Å². The summed E-state index contributed by atoms with van der Waals surface area (Å²) >= 11 is 0. The number of nitrogen functional groups attached to an aromatic ring is 1. The van der Waals surface area contributed by atoms with Crippen LogP contribution in [0.3, 0.4) is 0 Å². The number of aryl methyl sites for hydroxylation is 1. The van der Waals surface area contributed by atoms with E-state index >= 15 is 0 Å². The summed E-state index contributed by atoms with van der Waals surface area (Å²) in [4.78, 5) is 0.161. The second-order valence-electron chi connectivity index (χ2n) is 4.12. The molecular weight excluding hydrogens is 264 g/mol. The Hall–Kier alpha value is -1.79. The maximum atomic E-state index is 12.1. The number of furan rings is 1. The summed E-state index contributed by atoms with van der Waals surface area (Å²) in [5, 5.41) is 0. The predicted molar refractivity (Wildman–Crippen MR) is 73.0 cm³/mol. The molecule has 0 saturated heterocycles. The number of rotatable bonds is 5. The highest BCUT2D eigenvalue weighted by Crippen LogP contribution is 2.18. The fourth-order valence-electron chi connectivity index (χ4n) is 1.72. The Kier molecular flexibility index (Phi) is 3.92. The van der Waals surface area contributed by atoms with Gasteiger partial charge in [-0.25, -0.2) is 13.1 Å². The van der Waals surface area contributed by atoms with Crippen LogP contribution in [0.1, 0.15) is 18.2 Å². The van der Waals surface area contributed by atoms with Gasteiger partial charge in [-0.1, -0.05) is 13.0 Å². The fraction of sp³-hybridized carbons (Fsp3) is 0.231. The number of sulfonamides is 1. The van der Waals surface area contributed by atoms with Gasteiger partial charge in [-0.15, -0.1) is 0 Å². The van der Waals surface area contributed by atoms with Gasteiger partial charge in [0.25, 0.3) is 0 Å². The fourth-order valence-corrected chi connectivity index (χ4v) is 2.75. The lowest BCUT2D eigenvalue weighted by atomic mass is 10.1. The Balaban J connectivity index is 2.17. The van der Waals surface area contributed by atoms with Crippen LogP contribution in [0.15, 0.2) is 45.9 Å². The van der Waals surface area contributed by atoms with E-state index in [9.17, 15) is 8.42 Å². The third kappa shape index (κ3) is 3.15. The highest BCUT2D eigenvalue weighted by molar-refractivity contribution is 7.89. The van der Waals surface area contributed by atoms with E-state index in [1.54, 1.807) is 24.3 Å². The molecule has 1 heterocycles. The van der Waals surface area contributed by atoms with E-state index < -0.39 is 10.0 Å². The second-order valence-corrected chi connectivity index (χ2v) is 5.89. The average Bonchev–Trinajstić information content (AvgIpc) is 2.89. The van der Waals surface area contributed by atoms with E-state index in [4.69, 9.17) is 10.2 Å². The molecule has 1 aromatic carbocycles. The Morgan fingerprint density at radius 3 is 2.68 bits per heavy atom. The molecule has 102 valence electrons. The van der Waals surface area contributed by atoms with Crippen LogP contribution >= 0.6 is 0 Å². The van der Waals surface area contributed by atoms with Gasteiger partial charge in [0.1, 0.15) is 5.76 Å². The van der Waals surface area contributed by atoms with E-state index in [0.29, 0.717) is 11.4 Å². The second kappa shape index (κ2) is 5.46. The van der Waals surface area contributed by atoms with Crippen LogP contribution in [0.25, 0.3) is 0 Å². The van der Waals surface area contributed by atoms with Crippen LogP contribution in [0.2, 0.25) is 0 Å². The van der Waals surface area contributed by atoms with E-state index in [-0.39, 0.29) is 11.4 Å². The summed E-state index contributed by atoms with van der Waals surface area (Å²) in [6.45, 7) is 2.08. The number of hydrogen-bond acceptors (Lipinski definition) is 4. The third-order valence-corrected chi connectivity index (χ3v) is 4.22. The molecule has 0 aliphatic carbocycles. The minimum Gasteiger partial charge on any atom is -0.468 e. The molecular formula is C13H16N2O3S. The molecule has 5 nitrogen and oxygen atoms in total. The Bertz CT molecular complexity index is 649. The van der Waals surface area contributed by atoms with Crippen molar-refractivity contribution in [3.05, 3.63) is 47.9 Å². The highest BCUT2D eigenvalue weighted by atomic mass is 32.2. The number of nitrogens with one attached hydrogen (secondary N) is 1. The van der Waals surface area contributed by atoms with Crippen LogP contribution in [0, 0.1) is 0 Å². The number of nitrogens with two attached hydrogens (primary N) is 1. The minimum atomic E-state index is -3.57. The molecule has 3 N–H and O–H groups in total. The first-order valence-corrected chi connectivity index (χ1v) is 7.41. The van der Waals surface area contributed by atoms with Crippen LogP contribution in [-0.2, 0) is 23.0 Å². The molecule has 0 bridgehead atoms. The molecule has 0 unspecified atom stereocenters. The summed E-state index contributed by atoms with van der Waals surface area (Å²) in [6, 6.07) is 8.18. The van der Waals surface area contributed by atoms with E-state index in [2.05, 4.69) is 4.72 Å². The summed E-state index contributed by atoms with van der Waals surface area (Å²) < 4.78 is 31.7. The van der Waals surface area contributed by atoms with Crippen molar-refractivity contribution >= 4 is 15.7 Å². The SMILES string of the molecule is CCc1ccc(S(=O)(=O)NCc2ccco2)cc1N. The number of anilines is 1. The average molecular weight is 280 g/mol. The molecule has 0 spiro atoms. The molecule has 0 amide bonds. The molecule has 0 aliphatic heterocycles. The van der Waals surface area contributed by atoms with Gasteiger partial charge in [0, 0.05) is 5.69 Å². The van der Waals surface area contributed by atoms with Crippen LogP contribution in [-0.4, -0.2) is 8.42 Å². The van der Waals surface area contributed by atoms with E-state index in [0.717, 1.165) is 12.0 Å². The number of benzene rings is 1. The maximum absolute atomic E-state index is 12.1. The largest absolute Gasteiger partial charge is 0.468 e. The van der Waals surface area contributed by atoms with Gasteiger partial charge in [0.15, 0.2) is 0 Å². The van der Waals surface area contributed by atoms with Crippen molar-refractivity contribution in [3.8, 4) is 0 Å². The first-order chi connectivity index (χ1) is 9.03. The van der Waals surface area contributed by atoms with Crippen molar-refractivity contribution in [2.75, 3.05) is 5.73 Å². The molecule has 0 saturated carbocycles. The van der Waals surface area contributed by atoms with Crippen molar-refractivity contribution in [1.82, 2.24) is 4.72 Å². The lowest BCUT2D eigenvalue weighted by Gasteiger charge is -2.08. The van der Waals surface area contributed by atoms with Gasteiger partial charge in [-0.05, 0) is 36.2 Å². The first-order valence-electron chi connectivity index (χ1n) is 5.93. The normalized spacial score (nSPS) is 11.6. The molecule has 19 heavy (non-hydrogen) atoms. The summed E-state index contributed by atoms with van der Waals surface area (Å²) in [6.07, 6.45) is 2.27. The van der Waals surface area contributed by atoms with Gasteiger partial charge in [-0.3, -0.25) is 0 Å². The summed E-state index contributed by atoms with van der Waals surface area (Å²) in [5.41, 5.74) is 7.23. The quantitative estimate of drug-likeness (QED) is 0.819. The van der Waals surface area contributed by atoms with Gasteiger partial charge < -0.3 is 10.2 Å². The number of hydrogen-bond donors (Lipinski definition) is 2. The zero-order valence-electron chi connectivity index (χ0n) is 10.6. The van der Waals surface area contributed by atoms with Crippen molar-refractivity contribution in [2.24, 2.45) is 0 Å². The standard InChI is InChI=1S/C13H16N2O3S/c1-2-10-5-6-12(8-13(10)14)19(16,17)15-9-11-4-3-7-18-11/h3-8,15H,2,9,14H2,1H3. The Morgan fingerprint density at radius 2 is 2.11 bits per heavy atom. The molecule has 2 aromatic rings. The first kappa shape index (κ1) is 13.6. The van der Waals surface area contributed by atoms with Crippen LogP contribution < -0.4 is 10.5 Å². The topological polar surface area (TPSA) is 85.3 Å². The highest BCUT2D eigenvalue weighted by Gasteiger charge is 2.15. The maximum Gasteiger partial charge on any atom is 0.241 e. The Morgan fingerprint density at radius 1 is 1.32 bits per heavy atom. The monoisotopic (exact) mass is 280 g/mol. The molecule has 0 fully saturated rings. The molecule has 0 aliphatic rings. The molecule has 1 aromatic heterocycles. The molecule has 0 radical (unpaired) electrons. The van der Waals surface area contributed by atoms with Crippen molar-refractivity contribution < 1.29 is 12.8 Å². The molecule has 0 atom stereocenters. The molecule has 6 heteroatoms. The van der Waals surface area contributed by atoms with Crippen LogP contribution in [0.5, 0.6) is 0 Å². The van der Waals surface area contributed by atoms with Gasteiger partial charge >= 0.3 is 0 Å². The lowest BCUT2D eigenvalue weighted by Crippen LogP contribution is -2.23. The van der Waals surface area contributed by atoms with Gasteiger partial charge in [-0.2, -0.15) is 0 Å². The van der Waals surface area contributed by atoms with Gasteiger partial charge in [0.2, 0.25) is 10.0 Å². The van der Waals surface area contributed by atoms with Gasteiger partial charge in [0.05, 0.1) is 17.7 Å². The smallest absolute Gasteiger partial charge is 0.241 e. The minimum absolute atomic E-state index is 0.116. The van der Waals surface area contributed by atoms with Crippen LogP contribution in [0.4, 0.5) is 5.69 Å². The predicted octanol–water partition coefficient (Wildman–Crippen LogP) is 1.90. The third-order valence-electron chi connectivity index (χ3n) is 2.83. The zero-order valence-corrected chi connectivity index (χ0v) is 11.4.